The number of ether oxygens (including phenoxy) is 1. The minimum atomic E-state index is -0.503. The van der Waals surface area contributed by atoms with Crippen LogP contribution in [-0.4, -0.2) is 24.2 Å². The number of phenols is 1. The molecule has 1 aromatic carbocycles. The molecule has 0 bridgehead atoms. The van der Waals surface area contributed by atoms with Crippen LogP contribution in [0.3, 0.4) is 0 Å². The normalized spacial score (nSPS) is 12.1. The summed E-state index contributed by atoms with van der Waals surface area (Å²) in [7, 11) is 0. The van der Waals surface area contributed by atoms with Crippen LogP contribution in [0.15, 0.2) is 24.3 Å². The van der Waals surface area contributed by atoms with E-state index in [9.17, 15) is 9.90 Å². The second kappa shape index (κ2) is 5.36. The Labute approximate surface area is 88.7 Å². The van der Waals surface area contributed by atoms with Gasteiger partial charge in [0.05, 0.1) is 12.5 Å². The molecule has 0 aromatic heterocycles. The summed E-state index contributed by atoms with van der Waals surface area (Å²) in [6.07, 6.45) is 0. The summed E-state index contributed by atoms with van der Waals surface area (Å²) >= 11 is 0. The Hall–Kier alpha value is -1.55. The number of esters is 1. The van der Waals surface area contributed by atoms with Gasteiger partial charge in [-0.3, -0.25) is 4.79 Å². The van der Waals surface area contributed by atoms with Gasteiger partial charge in [-0.1, -0.05) is 12.1 Å². The number of nitrogens with two attached hydrogens (primary N) is 1. The van der Waals surface area contributed by atoms with Crippen LogP contribution in [-0.2, 0) is 9.53 Å². The van der Waals surface area contributed by atoms with E-state index in [2.05, 4.69) is 0 Å². The number of carbonyl (C=O) groups is 1. The monoisotopic (exact) mass is 209 g/mol. The number of aromatic hydroxyl groups is 1. The van der Waals surface area contributed by atoms with Crippen molar-refractivity contribution in [3.8, 4) is 5.75 Å². The predicted octanol–water partition coefficient (Wildman–Crippen LogP) is 0.998. The minimum Gasteiger partial charge on any atom is -0.508 e. The smallest absolute Gasteiger partial charge is 0.314 e. The number of benzene rings is 1. The Balaban J connectivity index is 2.87. The molecule has 0 aliphatic carbocycles. The van der Waals surface area contributed by atoms with E-state index in [1.54, 1.807) is 25.1 Å². The highest BCUT2D eigenvalue weighted by Gasteiger charge is 2.20. The largest absolute Gasteiger partial charge is 0.508 e. The van der Waals surface area contributed by atoms with Crippen molar-refractivity contribution in [2.24, 2.45) is 5.73 Å². The average molecular weight is 209 g/mol. The van der Waals surface area contributed by atoms with Crippen LogP contribution in [0.4, 0.5) is 0 Å². The molecular formula is C11H15NO3. The molecule has 15 heavy (non-hydrogen) atoms. The fourth-order valence-electron chi connectivity index (χ4n) is 1.35. The molecule has 0 fully saturated rings. The molecular weight excluding hydrogens is 194 g/mol. The third-order valence-electron chi connectivity index (χ3n) is 2.08. The van der Waals surface area contributed by atoms with Crippen molar-refractivity contribution in [3.05, 3.63) is 29.8 Å². The van der Waals surface area contributed by atoms with Gasteiger partial charge < -0.3 is 15.6 Å². The first kappa shape index (κ1) is 11.5. The van der Waals surface area contributed by atoms with Crippen LogP contribution >= 0.6 is 0 Å². The third-order valence-corrected chi connectivity index (χ3v) is 2.08. The average Bonchev–Trinajstić information content (AvgIpc) is 2.19. The highest BCUT2D eigenvalue weighted by molar-refractivity contribution is 5.78. The Bertz CT molecular complexity index is 338. The topological polar surface area (TPSA) is 72.5 Å². The highest BCUT2D eigenvalue weighted by atomic mass is 16.5. The Kier molecular flexibility index (Phi) is 4.12. The van der Waals surface area contributed by atoms with Crippen LogP contribution in [0.5, 0.6) is 5.75 Å². The lowest BCUT2D eigenvalue weighted by Crippen LogP contribution is -2.23. The molecule has 1 atom stereocenters. The molecule has 4 nitrogen and oxygen atoms in total. The molecule has 3 N–H and O–H groups in total. The maximum atomic E-state index is 11.5. The molecule has 4 heteroatoms. The number of hydrogen-bond acceptors (Lipinski definition) is 4. The maximum absolute atomic E-state index is 11.5. The molecule has 0 aliphatic rings. The van der Waals surface area contributed by atoms with E-state index in [0.29, 0.717) is 12.2 Å². The Morgan fingerprint density at radius 2 is 2.33 bits per heavy atom. The summed E-state index contributed by atoms with van der Waals surface area (Å²) in [4.78, 5) is 11.5. The Morgan fingerprint density at radius 1 is 1.60 bits per heavy atom. The molecule has 1 aromatic rings. The van der Waals surface area contributed by atoms with Crippen LogP contribution < -0.4 is 5.73 Å². The number of hydrogen-bond donors (Lipinski definition) is 2. The number of rotatable bonds is 4. The van der Waals surface area contributed by atoms with E-state index >= 15 is 0 Å². The van der Waals surface area contributed by atoms with Crippen molar-refractivity contribution >= 4 is 5.97 Å². The van der Waals surface area contributed by atoms with Gasteiger partial charge in [-0.25, -0.2) is 0 Å². The quantitative estimate of drug-likeness (QED) is 0.725. The first-order valence-electron chi connectivity index (χ1n) is 4.84. The molecule has 0 amide bonds. The third kappa shape index (κ3) is 2.95. The zero-order valence-corrected chi connectivity index (χ0v) is 8.64. The van der Waals surface area contributed by atoms with E-state index in [4.69, 9.17) is 10.5 Å². The second-order valence-electron chi connectivity index (χ2n) is 3.14. The zero-order valence-electron chi connectivity index (χ0n) is 8.64. The van der Waals surface area contributed by atoms with Crippen molar-refractivity contribution in [3.63, 3.8) is 0 Å². The molecule has 0 heterocycles. The fraction of sp³-hybridized carbons (Fsp3) is 0.364. The first-order valence-corrected chi connectivity index (χ1v) is 4.84. The fourth-order valence-corrected chi connectivity index (χ4v) is 1.35. The number of carbonyl (C=O) groups excluding carboxylic acids is 1. The molecule has 0 spiro atoms. The molecule has 1 rings (SSSR count). The zero-order chi connectivity index (χ0) is 11.3. The van der Waals surface area contributed by atoms with Crippen molar-refractivity contribution in [1.29, 1.82) is 0 Å². The highest BCUT2D eigenvalue weighted by Crippen LogP contribution is 2.20. The van der Waals surface area contributed by atoms with Gasteiger partial charge in [-0.05, 0) is 24.6 Å². The molecule has 0 saturated carbocycles. The second-order valence-corrected chi connectivity index (χ2v) is 3.14. The van der Waals surface area contributed by atoms with Gasteiger partial charge in [-0.2, -0.15) is 0 Å². The molecule has 1 unspecified atom stereocenters. The van der Waals surface area contributed by atoms with Crippen molar-refractivity contribution in [1.82, 2.24) is 0 Å². The van der Waals surface area contributed by atoms with Gasteiger partial charge in [0.1, 0.15) is 5.75 Å². The van der Waals surface area contributed by atoms with Gasteiger partial charge in [0, 0.05) is 6.54 Å². The van der Waals surface area contributed by atoms with E-state index < -0.39 is 5.92 Å². The summed E-state index contributed by atoms with van der Waals surface area (Å²) in [6.45, 7) is 2.24. The van der Waals surface area contributed by atoms with Crippen LogP contribution in [0.1, 0.15) is 18.4 Å². The van der Waals surface area contributed by atoms with Crippen molar-refractivity contribution in [2.75, 3.05) is 13.2 Å². The first-order chi connectivity index (χ1) is 7.19. The SMILES string of the molecule is CCOC(=O)C(CN)c1cccc(O)c1. The van der Waals surface area contributed by atoms with Gasteiger partial charge >= 0.3 is 5.97 Å². The summed E-state index contributed by atoms with van der Waals surface area (Å²) in [6, 6.07) is 6.48. The van der Waals surface area contributed by atoms with E-state index in [1.165, 1.54) is 6.07 Å². The molecule has 0 aliphatic heterocycles. The standard InChI is InChI=1S/C11H15NO3/c1-2-15-11(14)10(7-12)8-4-3-5-9(13)6-8/h3-6,10,13H,2,7,12H2,1H3. The lowest BCUT2D eigenvalue weighted by atomic mass is 9.99. The van der Waals surface area contributed by atoms with Gasteiger partial charge in [0.15, 0.2) is 0 Å². The Morgan fingerprint density at radius 3 is 2.87 bits per heavy atom. The van der Waals surface area contributed by atoms with E-state index in [0.717, 1.165) is 0 Å². The van der Waals surface area contributed by atoms with Crippen molar-refractivity contribution < 1.29 is 14.6 Å². The van der Waals surface area contributed by atoms with E-state index in [-0.39, 0.29) is 18.3 Å². The van der Waals surface area contributed by atoms with Crippen LogP contribution in [0.2, 0.25) is 0 Å². The summed E-state index contributed by atoms with van der Waals surface area (Å²) in [5, 5.41) is 9.28. The molecule has 82 valence electrons. The van der Waals surface area contributed by atoms with Crippen LogP contribution in [0.25, 0.3) is 0 Å². The lowest BCUT2D eigenvalue weighted by Gasteiger charge is -2.13. The summed E-state index contributed by atoms with van der Waals surface area (Å²) in [5.41, 5.74) is 6.18. The lowest BCUT2D eigenvalue weighted by molar-refractivity contribution is -0.144. The van der Waals surface area contributed by atoms with E-state index in [1.807, 2.05) is 0 Å². The number of phenolic OH excluding ortho intramolecular Hbond substituents is 1. The summed E-state index contributed by atoms with van der Waals surface area (Å²) in [5.74, 6) is -0.738. The molecule has 0 radical (unpaired) electrons. The van der Waals surface area contributed by atoms with Gasteiger partial charge in [0.2, 0.25) is 0 Å². The van der Waals surface area contributed by atoms with Gasteiger partial charge in [-0.15, -0.1) is 0 Å². The van der Waals surface area contributed by atoms with Crippen LogP contribution in [0, 0.1) is 0 Å². The predicted molar refractivity (Wildman–Crippen MR) is 56.5 cm³/mol. The summed E-state index contributed by atoms with van der Waals surface area (Å²) < 4.78 is 4.89. The van der Waals surface area contributed by atoms with Crippen molar-refractivity contribution in [2.45, 2.75) is 12.8 Å². The minimum absolute atomic E-state index is 0.121. The maximum Gasteiger partial charge on any atom is 0.314 e. The van der Waals surface area contributed by atoms with Gasteiger partial charge in [0.25, 0.3) is 0 Å². The molecule has 0 saturated heterocycles.